The Morgan fingerprint density at radius 1 is 1.07 bits per heavy atom. The largest absolute Gasteiger partial charge is 0.378 e. The third-order valence-corrected chi connectivity index (χ3v) is 8.19. The summed E-state index contributed by atoms with van der Waals surface area (Å²) >= 11 is 1.25. The molecule has 2 amide bonds. The summed E-state index contributed by atoms with van der Waals surface area (Å²) in [6, 6.07) is 4.94. The summed E-state index contributed by atoms with van der Waals surface area (Å²) in [6.07, 6.45) is 2.79. The maximum Gasteiger partial charge on any atom is 0.243 e. The minimum Gasteiger partial charge on any atom is -0.378 e. The lowest BCUT2D eigenvalue weighted by Crippen LogP contribution is -2.41. The average Bonchev–Trinajstić information content (AvgIpc) is 2.76. The Morgan fingerprint density at radius 3 is 2.47 bits per heavy atom. The number of aryl methyl sites for hydroxylation is 1. The molecule has 10 heteroatoms. The van der Waals surface area contributed by atoms with Gasteiger partial charge in [-0.15, -0.1) is 11.8 Å². The highest BCUT2D eigenvalue weighted by molar-refractivity contribution is 8.00. The fraction of sp³-hybridized carbons (Fsp3) is 0.600. The van der Waals surface area contributed by atoms with Crippen LogP contribution in [0, 0.1) is 6.92 Å². The van der Waals surface area contributed by atoms with Gasteiger partial charge in [0.15, 0.2) is 0 Å². The Labute approximate surface area is 182 Å². The van der Waals surface area contributed by atoms with Crippen LogP contribution in [0.25, 0.3) is 0 Å². The van der Waals surface area contributed by atoms with Crippen molar-refractivity contribution in [1.82, 2.24) is 9.21 Å². The maximum absolute atomic E-state index is 13.0. The van der Waals surface area contributed by atoms with E-state index in [0.717, 1.165) is 19.3 Å². The van der Waals surface area contributed by atoms with Crippen LogP contribution in [-0.2, 0) is 24.3 Å². The number of hydrogen-bond acceptors (Lipinski definition) is 6. The molecular formula is C20H29N3O5S2. The van der Waals surface area contributed by atoms with Gasteiger partial charge >= 0.3 is 0 Å². The van der Waals surface area contributed by atoms with E-state index in [1.807, 2.05) is 0 Å². The van der Waals surface area contributed by atoms with Crippen molar-refractivity contribution in [3.05, 3.63) is 23.8 Å². The first-order valence-corrected chi connectivity index (χ1v) is 12.8. The van der Waals surface area contributed by atoms with Crippen molar-refractivity contribution < 1.29 is 22.7 Å². The number of morpholine rings is 1. The van der Waals surface area contributed by atoms with Crippen molar-refractivity contribution in [2.75, 3.05) is 56.2 Å². The van der Waals surface area contributed by atoms with Crippen molar-refractivity contribution in [1.29, 1.82) is 0 Å². The van der Waals surface area contributed by atoms with E-state index < -0.39 is 10.0 Å². The molecule has 0 spiro atoms. The lowest BCUT2D eigenvalue weighted by atomic mass is 10.2. The van der Waals surface area contributed by atoms with Crippen LogP contribution in [0.1, 0.15) is 24.8 Å². The van der Waals surface area contributed by atoms with Gasteiger partial charge in [0.25, 0.3) is 0 Å². The molecule has 30 heavy (non-hydrogen) atoms. The molecule has 0 radical (unpaired) electrons. The van der Waals surface area contributed by atoms with Gasteiger partial charge in [-0.3, -0.25) is 9.59 Å². The van der Waals surface area contributed by atoms with Gasteiger partial charge in [0.2, 0.25) is 21.8 Å². The smallest absolute Gasteiger partial charge is 0.243 e. The van der Waals surface area contributed by atoms with Gasteiger partial charge in [-0.1, -0.05) is 12.5 Å². The normalized spacial score (nSPS) is 18.2. The van der Waals surface area contributed by atoms with Crippen LogP contribution in [0.2, 0.25) is 0 Å². The molecule has 0 bridgehead atoms. The monoisotopic (exact) mass is 455 g/mol. The van der Waals surface area contributed by atoms with Crippen LogP contribution < -0.4 is 5.32 Å². The van der Waals surface area contributed by atoms with Gasteiger partial charge in [-0.05, 0) is 37.5 Å². The van der Waals surface area contributed by atoms with Crippen molar-refractivity contribution in [2.45, 2.75) is 31.1 Å². The first kappa shape index (κ1) is 23.1. The summed E-state index contributed by atoms with van der Waals surface area (Å²) in [5.41, 5.74) is 1.10. The van der Waals surface area contributed by atoms with Gasteiger partial charge in [-0.25, -0.2) is 8.42 Å². The summed E-state index contributed by atoms with van der Waals surface area (Å²) in [5, 5.41) is 2.75. The predicted molar refractivity (Wildman–Crippen MR) is 117 cm³/mol. The Hall–Kier alpha value is -1.62. The second kappa shape index (κ2) is 10.6. The molecule has 0 aromatic heterocycles. The van der Waals surface area contributed by atoms with Crippen molar-refractivity contribution in [3.63, 3.8) is 0 Å². The first-order chi connectivity index (χ1) is 14.4. The highest BCUT2D eigenvalue weighted by Gasteiger charge is 2.27. The maximum atomic E-state index is 13.0. The van der Waals surface area contributed by atoms with Crippen LogP contribution in [0.4, 0.5) is 5.69 Å². The summed E-state index contributed by atoms with van der Waals surface area (Å²) < 4.78 is 32.8. The fourth-order valence-electron chi connectivity index (χ4n) is 3.53. The van der Waals surface area contributed by atoms with Crippen LogP contribution >= 0.6 is 11.8 Å². The molecule has 2 saturated heterocycles. The molecular weight excluding hydrogens is 426 g/mol. The van der Waals surface area contributed by atoms with E-state index in [4.69, 9.17) is 4.74 Å². The molecule has 2 aliphatic heterocycles. The van der Waals surface area contributed by atoms with Crippen LogP contribution in [0.3, 0.4) is 0 Å². The third-order valence-electron chi connectivity index (χ3n) is 5.23. The Kier molecular flexibility index (Phi) is 8.15. The number of thioether (sulfide) groups is 1. The van der Waals surface area contributed by atoms with Crippen LogP contribution in [0.15, 0.2) is 23.1 Å². The van der Waals surface area contributed by atoms with Crippen LogP contribution in [-0.4, -0.2) is 80.3 Å². The van der Waals surface area contributed by atoms with Crippen LogP contribution in [0.5, 0.6) is 0 Å². The Bertz CT molecular complexity index is 863. The number of nitrogens with zero attached hydrogens (tertiary/aromatic N) is 2. The Balaban J connectivity index is 1.55. The number of benzene rings is 1. The number of sulfonamides is 1. The molecule has 0 saturated carbocycles. The van der Waals surface area contributed by atoms with Crippen molar-refractivity contribution in [2.24, 2.45) is 0 Å². The number of rotatable bonds is 7. The minimum atomic E-state index is -3.58. The van der Waals surface area contributed by atoms with Gasteiger partial charge in [0.05, 0.1) is 29.6 Å². The third kappa shape index (κ3) is 5.96. The zero-order valence-corrected chi connectivity index (χ0v) is 18.9. The first-order valence-electron chi connectivity index (χ1n) is 10.2. The standard InChI is InChI=1S/C20H29N3O5S2/c1-16-5-6-17(13-18(16)30(26,27)23-7-3-2-4-8-23)21-19(24)14-29-15-20(25)22-9-11-28-12-10-22/h5-6,13H,2-4,7-12,14-15H2,1H3,(H,21,24). The average molecular weight is 456 g/mol. The molecule has 2 fully saturated rings. The predicted octanol–water partition coefficient (Wildman–Crippen LogP) is 1.70. The van der Waals surface area contributed by atoms with E-state index in [-0.39, 0.29) is 28.2 Å². The zero-order valence-electron chi connectivity index (χ0n) is 17.3. The van der Waals surface area contributed by atoms with Gasteiger partial charge < -0.3 is 15.0 Å². The quantitative estimate of drug-likeness (QED) is 0.672. The molecule has 2 heterocycles. The van der Waals surface area contributed by atoms with Crippen molar-refractivity contribution in [3.8, 4) is 0 Å². The number of ether oxygens (including phenoxy) is 1. The topological polar surface area (TPSA) is 96.0 Å². The lowest BCUT2D eigenvalue weighted by molar-refractivity contribution is -0.132. The van der Waals surface area contributed by atoms with Gasteiger partial charge in [-0.2, -0.15) is 4.31 Å². The molecule has 1 N–H and O–H groups in total. The molecule has 1 aromatic rings. The molecule has 166 valence electrons. The number of anilines is 1. The highest BCUT2D eigenvalue weighted by Crippen LogP contribution is 2.26. The number of carbonyl (C=O) groups is 2. The summed E-state index contributed by atoms with van der Waals surface area (Å²) in [6.45, 7) is 5.10. The highest BCUT2D eigenvalue weighted by atomic mass is 32.2. The number of piperidine rings is 1. The Morgan fingerprint density at radius 2 is 1.77 bits per heavy atom. The second-order valence-corrected chi connectivity index (χ2v) is 10.4. The number of amides is 2. The number of hydrogen-bond donors (Lipinski definition) is 1. The SMILES string of the molecule is Cc1ccc(NC(=O)CSCC(=O)N2CCOCC2)cc1S(=O)(=O)N1CCCCC1. The van der Waals surface area contributed by atoms with E-state index in [1.54, 1.807) is 24.0 Å². The van der Waals surface area contributed by atoms with E-state index in [2.05, 4.69) is 5.32 Å². The molecule has 1 aromatic carbocycles. The summed E-state index contributed by atoms with van der Waals surface area (Å²) in [5.74, 6) is 0.0925. The van der Waals surface area contributed by atoms with Gasteiger partial charge in [0.1, 0.15) is 0 Å². The lowest BCUT2D eigenvalue weighted by Gasteiger charge is -2.27. The van der Waals surface area contributed by atoms with E-state index >= 15 is 0 Å². The summed E-state index contributed by atoms with van der Waals surface area (Å²) in [7, 11) is -3.58. The molecule has 2 aliphatic rings. The minimum absolute atomic E-state index is 0.00125. The number of nitrogens with one attached hydrogen (secondary N) is 1. The van der Waals surface area contributed by atoms with E-state index in [9.17, 15) is 18.0 Å². The van der Waals surface area contributed by atoms with Crippen molar-refractivity contribution >= 4 is 39.3 Å². The van der Waals surface area contributed by atoms with E-state index in [0.29, 0.717) is 50.6 Å². The number of carbonyl (C=O) groups excluding carboxylic acids is 2. The van der Waals surface area contributed by atoms with E-state index in [1.165, 1.54) is 22.1 Å². The fourth-order valence-corrected chi connectivity index (χ4v) is 6.02. The molecule has 0 aliphatic carbocycles. The molecule has 0 unspecified atom stereocenters. The molecule has 8 nitrogen and oxygen atoms in total. The second-order valence-electron chi connectivity index (χ2n) is 7.48. The zero-order chi connectivity index (χ0) is 21.6. The molecule has 0 atom stereocenters. The summed E-state index contributed by atoms with van der Waals surface area (Å²) in [4.78, 5) is 26.4. The van der Waals surface area contributed by atoms with Gasteiger partial charge in [0, 0.05) is 31.9 Å². The molecule has 3 rings (SSSR count).